The molecule has 0 atom stereocenters. The molecule has 0 bridgehead atoms. The van der Waals surface area contributed by atoms with Gasteiger partial charge in [0.1, 0.15) is 0 Å². The van der Waals surface area contributed by atoms with Crippen molar-refractivity contribution in [3.05, 3.63) is 0 Å². The zero-order valence-corrected chi connectivity index (χ0v) is 13.6. The molecular formula is C15H29N3O2. The third-order valence-corrected chi connectivity index (χ3v) is 3.34. The topological polar surface area (TPSA) is 43.9 Å². The van der Waals surface area contributed by atoms with E-state index in [9.17, 15) is 9.59 Å². The van der Waals surface area contributed by atoms with Crippen LogP contribution in [0.5, 0.6) is 0 Å². The molecule has 1 heterocycles. The average Bonchev–Trinajstić information content (AvgIpc) is 2.49. The van der Waals surface area contributed by atoms with Gasteiger partial charge >= 0.3 is 0 Å². The zero-order chi connectivity index (χ0) is 15.3. The lowest BCUT2D eigenvalue weighted by atomic mass is 10.1. The van der Waals surface area contributed by atoms with Crippen LogP contribution >= 0.6 is 0 Å². The minimum absolute atomic E-state index is 0.185. The fraction of sp³-hybridized carbons (Fsp3) is 0.867. The number of amides is 2. The monoisotopic (exact) mass is 283 g/mol. The summed E-state index contributed by atoms with van der Waals surface area (Å²) in [4.78, 5) is 30.1. The van der Waals surface area contributed by atoms with Crippen molar-refractivity contribution < 1.29 is 9.59 Å². The lowest BCUT2D eigenvalue weighted by molar-refractivity contribution is -0.134. The van der Waals surface area contributed by atoms with E-state index in [0.29, 0.717) is 51.1 Å². The first kappa shape index (κ1) is 17.0. The van der Waals surface area contributed by atoms with Crippen LogP contribution in [0.4, 0.5) is 0 Å². The summed E-state index contributed by atoms with van der Waals surface area (Å²) in [5, 5.41) is 0. The molecule has 5 nitrogen and oxygen atoms in total. The summed E-state index contributed by atoms with van der Waals surface area (Å²) in [6.07, 6.45) is 1.15. The van der Waals surface area contributed by atoms with Gasteiger partial charge < -0.3 is 9.80 Å². The van der Waals surface area contributed by atoms with Gasteiger partial charge in [0.15, 0.2) is 0 Å². The van der Waals surface area contributed by atoms with Gasteiger partial charge in [0.2, 0.25) is 11.8 Å². The predicted octanol–water partition coefficient (Wildman–Crippen LogP) is 1.60. The van der Waals surface area contributed by atoms with Crippen LogP contribution in [0.15, 0.2) is 0 Å². The van der Waals surface area contributed by atoms with Gasteiger partial charge in [-0.25, -0.2) is 0 Å². The Balaban J connectivity index is 2.60. The predicted molar refractivity (Wildman–Crippen MR) is 79.8 cm³/mol. The molecule has 2 amide bonds. The summed E-state index contributed by atoms with van der Waals surface area (Å²) in [6.45, 7) is 10.7. The van der Waals surface area contributed by atoms with E-state index in [-0.39, 0.29) is 11.8 Å². The standard InChI is InChI=1S/C15H29N3O2/c1-12(2)8-14(19)17-6-7-18(11-16(5)10-17)15(20)9-13(3)4/h12-13H,6-11H2,1-5H3. The lowest BCUT2D eigenvalue weighted by Crippen LogP contribution is -2.40. The number of hydrogen-bond donors (Lipinski definition) is 0. The van der Waals surface area contributed by atoms with Crippen LogP contribution in [0.1, 0.15) is 40.5 Å². The first-order chi connectivity index (χ1) is 9.29. The van der Waals surface area contributed by atoms with E-state index in [1.165, 1.54) is 0 Å². The van der Waals surface area contributed by atoms with Crippen LogP contribution in [-0.2, 0) is 9.59 Å². The molecular weight excluding hydrogens is 254 g/mol. The second kappa shape index (κ2) is 7.62. The first-order valence-corrected chi connectivity index (χ1v) is 7.53. The molecule has 1 aliphatic heterocycles. The van der Waals surface area contributed by atoms with Gasteiger partial charge in [-0.05, 0) is 18.9 Å². The summed E-state index contributed by atoms with van der Waals surface area (Å²) in [7, 11) is 1.95. The van der Waals surface area contributed by atoms with Crippen LogP contribution in [0, 0.1) is 11.8 Å². The van der Waals surface area contributed by atoms with Crippen molar-refractivity contribution >= 4 is 11.8 Å². The molecule has 0 aromatic rings. The molecule has 1 saturated heterocycles. The number of nitrogens with zero attached hydrogens (tertiary/aromatic N) is 3. The molecule has 0 radical (unpaired) electrons. The molecule has 0 aromatic heterocycles. The summed E-state index contributed by atoms with van der Waals surface area (Å²) in [6, 6.07) is 0. The second-order valence-electron chi connectivity index (χ2n) is 6.65. The number of hydrogen-bond acceptors (Lipinski definition) is 3. The largest absolute Gasteiger partial charge is 0.328 e. The SMILES string of the molecule is CC(C)CC(=O)N1CCN(C(=O)CC(C)C)CN(C)C1. The van der Waals surface area contributed by atoms with Gasteiger partial charge in [0.05, 0.1) is 13.3 Å². The average molecular weight is 283 g/mol. The molecule has 1 aliphatic rings. The van der Waals surface area contributed by atoms with Gasteiger partial charge in [-0.2, -0.15) is 0 Å². The molecule has 20 heavy (non-hydrogen) atoms. The van der Waals surface area contributed by atoms with Gasteiger partial charge in [-0.15, -0.1) is 0 Å². The Hall–Kier alpha value is -1.10. The van der Waals surface area contributed by atoms with Crippen molar-refractivity contribution in [2.45, 2.75) is 40.5 Å². The molecule has 0 unspecified atom stereocenters. The van der Waals surface area contributed by atoms with Crippen molar-refractivity contribution in [2.75, 3.05) is 33.5 Å². The fourth-order valence-electron chi connectivity index (χ4n) is 2.37. The number of carbonyl (C=O) groups is 2. The minimum atomic E-state index is 0.185. The van der Waals surface area contributed by atoms with Crippen LogP contribution < -0.4 is 0 Å². The zero-order valence-electron chi connectivity index (χ0n) is 13.6. The molecule has 0 saturated carbocycles. The van der Waals surface area contributed by atoms with E-state index in [4.69, 9.17) is 0 Å². The van der Waals surface area contributed by atoms with E-state index in [0.717, 1.165) is 0 Å². The smallest absolute Gasteiger partial charge is 0.223 e. The van der Waals surface area contributed by atoms with Gasteiger partial charge in [-0.3, -0.25) is 14.5 Å². The number of carbonyl (C=O) groups excluding carboxylic acids is 2. The van der Waals surface area contributed by atoms with E-state index in [1.807, 2.05) is 21.7 Å². The molecule has 0 N–H and O–H groups in total. The summed E-state index contributed by atoms with van der Waals surface area (Å²) in [5.74, 6) is 1.11. The van der Waals surface area contributed by atoms with E-state index >= 15 is 0 Å². The summed E-state index contributed by atoms with van der Waals surface area (Å²) in [5.41, 5.74) is 0. The Kier molecular flexibility index (Phi) is 6.46. The first-order valence-electron chi connectivity index (χ1n) is 7.53. The van der Waals surface area contributed by atoms with Gasteiger partial charge in [-0.1, -0.05) is 27.7 Å². The third kappa shape index (κ3) is 5.49. The molecule has 1 rings (SSSR count). The highest BCUT2D eigenvalue weighted by atomic mass is 16.2. The Bertz CT molecular complexity index is 310. The molecule has 0 spiro atoms. The van der Waals surface area contributed by atoms with Crippen LogP contribution in [0.3, 0.4) is 0 Å². The van der Waals surface area contributed by atoms with E-state index in [2.05, 4.69) is 27.7 Å². The second-order valence-corrected chi connectivity index (χ2v) is 6.65. The van der Waals surface area contributed by atoms with E-state index in [1.54, 1.807) is 0 Å². The molecule has 116 valence electrons. The Labute approximate surface area is 122 Å². The Morgan fingerprint density at radius 3 is 1.50 bits per heavy atom. The third-order valence-electron chi connectivity index (χ3n) is 3.34. The fourth-order valence-corrected chi connectivity index (χ4v) is 2.37. The van der Waals surface area contributed by atoms with Crippen molar-refractivity contribution in [2.24, 2.45) is 11.8 Å². The quantitative estimate of drug-likeness (QED) is 0.787. The maximum absolute atomic E-state index is 12.2. The highest BCUT2D eigenvalue weighted by Crippen LogP contribution is 2.11. The maximum Gasteiger partial charge on any atom is 0.223 e. The molecule has 0 aliphatic carbocycles. The highest BCUT2D eigenvalue weighted by Gasteiger charge is 2.24. The van der Waals surface area contributed by atoms with Crippen molar-refractivity contribution in [3.63, 3.8) is 0 Å². The highest BCUT2D eigenvalue weighted by molar-refractivity contribution is 5.77. The molecule has 1 fully saturated rings. The Morgan fingerprint density at radius 2 is 1.20 bits per heavy atom. The van der Waals surface area contributed by atoms with Crippen molar-refractivity contribution in [1.82, 2.24) is 14.7 Å². The van der Waals surface area contributed by atoms with Gasteiger partial charge in [0.25, 0.3) is 0 Å². The maximum atomic E-state index is 12.2. The van der Waals surface area contributed by atoms with Crippen LogP contribution in [-0.4, -0.2) is 60.0 Å². The van der Waals surface area contributed by atoms with Crippen LogP contribution in [0.2, 0.25) is 0 Å². The molecule has 0 aromatic carbocycles. The van der Waals surface area contributed by atoms with E-state index < -0.39 is 0 Å². The number of rotatable bonds is 4. The molecule has 5 heteroatoms. The summed E-state index contributed by atoms with van der Waals surface area (Å²) >= 11 is 0. The van der Waals surface area contributed by atoms with Crippen molar-refractivity contribution in [3.8, 4) is 0 Å². The normalized spacial score (nSPS) is 17.8. The summed E-state index contributed by atoms with van der Waals surface area (Å²) < 4.78 is 0. The van der Waals surface area contributed by atoms with Crippen LogP contribution in [0.25, 0.3) is 0 Å². The minimum Gasteiger partial charge on any atom is -0.328 e. The van der Waals surface area contributed by atoms with Gasteiger partial charge in [0, 0.05) is 25.9 Å². The lowest BCUT2D eigenvalue weighted by Gasteiger charge is -2.25. The van der Waals surface area contributed by atoms with Crippen molar-refractivity contribution in [1.29, 1.82) is 0 Å². The Morgan fingerprint density at radius 1 is 0.850 bits per heavy atom.